The van der Waals surface area contributed by atoms with Gasteiger partial charge in [-0.05, 0) is 101 Å². The molecule has 0 spiro atoms. The van der Waals surface area contributed by atoms with Gasteiger partial charge in [0.25, 0.3) is 0 Å². The maximum Gasteiger partial charge on any atom is -0.00259 e. The minimum Gasteiger partial charge on any atom is -0.0622 e. The molecule has 0 aliphatic rings. The monoisotopic (exact) mass is 506 g/mol. The van der Waals surface area contributed by atoms with E-state index in [9.17, 15) is 0 Å². The Morgan fingerprint density at radius 3 is 1.50 bits per heavy atom. The molecule has 0 heterocycles. The SMILES string of the molecule is c1ccc(-c2cc3cc(-c4cccc(-c5ccc6ccccc6c5)c4)c4ccccc4c3c3ccccc23)cc1. The smallest absolute Gasteiger partial charge is 0.00259 e. The molecule has 0 N–H and O–H groups in total. The molecule has 0 amide bonds. The van der Waals surface area contributed by atoms with Gasteiger partial charge < -0.3 is 0 Å². The van der Waals surface area contributed by atoms with Gasteiger partial charge in [-0.2, -0.15) is 0 Å². The Morgan fingerprint density at radius 2 is 0.775 bits per heavy atom. The van der Waals surface area contributed by atoms with Gasteiger partial charge in [-0.1, -0.05) is 133 Å². The third kappa shape index (κ3) is 3.69. The van der Waals surface area contributed by atoms with E-state index in [2.05, 4.69) is 158 Å². The van der Waals surface area contributed by atoms with Crippen molar-refractivity contribution in [1.82, 2.24) is 0 Å². The number of rotatable bonds is 3. The van der Waals surface area contributed by atoms with E-state index in [0.717, 1.165) is 0 Å². The molecule has 0 nitrogen and oxygen atoms in total. The highest BCUT2D eigenvalue weighted by molar-refractivity contribution is 6.25. The average Bonchev–Trinajstić information content (AvgIpc) is 3.04. The molecule has 186 valence electrons. The molecule has 0 radical (unpaired) electrons. The first-order chi connectivity index (χ1) is 19.8. The maximum absolute atomic E-state index is 2.40. The minimum atomic E-state index is 1.23. The number of hydrogen-bond acceptors (Lipinski definition) is 0. The van der Waals surface area contributed by atoms with Gasteiger partial charge in [0.05, 0.1) is 0 Å². The number of hydrogen-bond donors (Lipinski definition) is 0. The van der Waals surface area contributed by atoms with Gasteiger partial charge in [-0.25, -0.2) is 0 Å². The normalized spacial score (nSPS) is 11.5. The Hall–Kier alpha value is -5.20. The van der Waals surface area contributed by atoms with Gasteiger partial charge in [0.1, 0.15) is 0 Å². The van der Waals surface area contributed by atoms with Crippen molar-refractivity contribution in [1.29, 1.82) is 0 Å². The summed E-state index contributed by atoms with van der Waals surface area (Å²) in [4.78, 5) is 0. The Bertz CT molecular complexity index is 2200. The van der Waals surface area contributed by atoms with Crippen LogP contribution in [0.2, 0.25) is 0 Å². The molecule has 8 aromatic carbocycles. The first-order valence-electron chi connectivity index (χ1n) is 13.9. The fourth-order valence-electron chi connectivity index (χ4n) is 6.31. The maximum atomic E-state index is 2.40. The zero-order valence-corrected chi connectivity index (χ0v) is 22.0. The van der Waals surface area contributed by atoms with Gasteiger partial charge in [0.2, 0.25) is 0 Å². The molecule has 0 fully saturated rings. The highest BCUT2D eigenvalue weighted by atomic mass is 14.2. The van der Waals surface area contributed by atoms with Crippen molar-refractivity contribution in [2.75, 3.05) is 0 Å². The molecule has 8 aromatic rings. The first kappa shape index (κ1) is 22.8. The third-order valence-corrected chi connectivity index (χ3v) is 8.20. The fourth-order valence-corrected chi connectivity index (χ4v) is 6.31. The Morgan fingerprint density at radius 1 is 0.250 bits per heavy atom. The molecule has 0 saturated heterocycles. The van der Waals surface area contributed by atoms with E-state index < -0.39 is 0 Å². The van der Waals surface area contributed by atoms with E-state index in [0.29, 0.717) is 0 Å². The highest BCUT2D eigenvalue weighted by Gasteiger charge is 2.15. The zero-order valence-electron chi connectivity index (χ0n) is 22.0. The van der Waals surface area contributed by atoms with Crippen LogP contribution >= 0.6 is 0 Å². The predicted molar refractivity (Wildman–Crippen MR) is 173 cm³/mol. The van der Waals surface area contributed by atoms with Gasteiger partial charge in [0, 0.05) is 0 Å². The van der Waals surface area contributed by atoms with Crippen LogP contribution in [0.15, 0.2) is 158 Å². The van der Waals surface area contributed by atoms with Crippen molar-refractivity contribution < 1.29 is 0 Å². The number of fused-ring (bicyclic) bond motifs is 6. The largest absolute Gasteiger partial charge is 0.0622 e. The second kappa shape index (κ2) is 9.22. The van der Waals surface area contributed by atoms with Gasteiger partial charge in [-0.3, -0.25) is 0 Å². The molecule has 0 unspecified atom stereocenters. The summed E-state index contributed by atoms with van der Waals surface area (Å²) < 4.78 is 0. The third-order valence-electron chi connectivity index (χ3n) is 8.20. The lowest BCUT2D eigenvalue weighted by Crippen LogP contribution is -1.89. The van der Waals surface area contributed by atoms with Crippen molar-refractivity contribution >= 4 is 43.1 Å². The zero-order chi connectivity index (χ0) is 26.5. The predicted octanol–water partition coefficient (Wildman–Crippen LogP) is 11.3. The molecule has 0 bridgehead atoms. The van der Waals surface area contributed by atoms with Crippen LogP contribution in [0.1, 0.15) is 0 Å². The molecule has 0 aliphatic heterocycles. The molecule has 0 heteroatoms. The van der Waals surface area contributed by atoms with Crippen LogP contribution in [-0.4, -0.2) is 0 Å². The summed E-state index contributed by atoms with van der Waals surface area (Å²) in [6, 6.07) is 57.6. The second-order valence-corrected chi connectivity index (χ2v) is 10.5. The lowest BCUT2D eigenvalue weighted by Gasteiger charge is -2.16. The summed E-state index contributed by atoms with van der Waals surface area (Å²) in [7, 11) is 0. The van der Waals surface area contributed by atoms with Crippen LogP contribution in [0.3, 0.4) is 0 Å². The quantitative estimate of drug-likeness (QED) is 0.209. The average molecular weight is 507 g/mol. The summed E-state index contributed by atoms with van der Waals surface area (Å²) in [6.45, 7) is 0. The van der Waals surface area contributed by atoms with E-state index in [4.69, 9.17) is 0 Å². The second-order valence-electron chi connectivity index (χ2n) is 10.5. The first-order valence-corrected chi connectivity index (χ1v) is 13.9. The van der Waals surface area contributed by atoms with Crippen LogP contribution < -0.4 is 0 Å². The van der Waals surface area contributed by atoms with Crippen molar-refractivity contribution in [3.8, 4) is 33.4 Å². The fraction of sp³-hybridized carbons (Fsp3) is 0. The van der Waals surface area contributed by atoms with Crippen molar-refractivity contribution in [2.24, 2.45) is 0 Å². The summed E-state index contributed by atoms with van der Waals surface area (Å²) in [5, 5.41) is 10.3. The lowest BCUT2D eigenvalue weighted by molar-refractivity contribution is 1.62. The van der Waals surface area contributed by atoms with E-state index in [1.165, 1.54) is 76.5 Å². The molecular formula is C40H26. The Kier molecular flexibility index (Phi) is 5.24. The van der Waals surface area contributed by atoms with Gasteiger partial charge in [-0.15, -0.1) is 0 Å². The van der Waals surface area contributed by atoms with Crippen LogP contribution in [0.4, 0.5) is 0 Å². The minimum absolute atomic E-state index is 1.23. The van der Waals surface area contributed by atoms with Crippen molar-refractivity contribution in [3.63, 3.8) is 0 Å². The van der Waals surface area contributed by atoms with E-state index in [1.54, 1.807) is 0 Å². The molecule has 8 rings (SSSR count). The van der Waals surface area contributed by atoms with E-state index >= 15 is 0 Å². The Labute approximate surface area is 233 Å². The van der Waals surface area contributed by atoms with Gasteiger partial charge >= 0.3 is 0 Å². The van der Waals surface area contributed by atoms with E-state index in [-0.39, 0.29) is 0 Å². The molecular weight excluding hydrogens is 480 g/mol. The highest BCUT2D eigenvalue weighted by Crippen LogP contribution is 2.42. The van der Waals surface area contributed by atoms with Crippen LogP contribution in [0.5, 0.6) is 0 Å². The van der Waals surface area contributed by atoms with Crippen LogP contribution in [0.25, 0.3) is 76.5 Å². The van der Waals surface area contributed by atoms with Crippen LogP contribution in [-0.2, 0) is 0 Å². The van der Waals surface area contributed by atoms with Crippen molar-refractivity contribution in [3.05, 3.63) is 158 Å². The van der Waals surface area contributed by atoms with Crippen LogP contribution in [0, 0.1) is 0 Å². The molecule has 0 aliphatic carbocycles. The molecule has 40 heavy (non-hydrogen) atoms. The Balaban J connectivity index is 1.40. The van der Waals surface area contributed by atoms with E-state index in [1.807, 2.05) is 0 Å². The standard InChI is InChI=1S/C40H26/c1-2-12-28(13-3-1)38-25-33-26-39(35-18-7-9-20-37(35)40(33)36-19-8-6-17-34(36)38)32-16-10-15-30(24-32)31-22-21-27-11-4-5-14-29(27)23-31/h1-26H. The van der Waals surface area contributed by atoms with Gasteiger partial charge in [0.15, 0.2) is 0 Å². The molecule has 0 aromatic heterocycles. The summed E-state index contributed by atoms with van der Waals surface area (Å²) >= 11 is 0. The topological polar surface area (TPSA) is 0 Å². The summed E-state index contributed by atoms with van der Waals surface area (Å²) in [6.07, 6.45) is 0. The van der Waals surface area contributed by atoms with Crippen molar-refractivity contribution in [2.45, 2.75) is 0 Å². The summed E-state index contributed by atoms with van der Waals surface area (Å²) in [5.41, 5.74) is 7.49. The molecule has 0 saturated carbocycles. The lowest BCUT2D eigenvalue weighted by atomic mass is 9.87. The summed E-state index contributed by atoms with van der Waals surface area (Å²) in [5.74, 6) is 0. The number of benzene rings is 8. The molecule has 0 atom stereocenters.